The van der Waals surface area contributed by atoms with Crippen LogP contribution in [-0.4, -0.2) is 22.6 Å². The molecule has 1 aromatic rings. The fourth-order valence-electron chi connectivity index (χ4n) is 1.32. The van der Waals surface area contributed by atoms with Gasteiger partial charge >= 0.3 is 5.97 Å². The Morgan fingerprint density at radius 2 is 2.06 bits per heavy atom. The maximum Gasteiger partial charge on any atom is 0.321 e. The molecule has 0 saturated heterocycles. The van der Waals surface area contributed by atoms with E-state index in [-0.39, 0.29) is 12.5 Å². The maximum atomic E-state index is 10.7. The number of carboxylic acid groups (broad SMARTS) is 1. The van der Waals surface area contributed by atoms with E-state index < -0.39 is 11.3 Å². The third-order valence-electron chi connectivity index (χ3n) is 2.00. The Kier molecular flexibility index (Phi) is 4.62. The first kappa shape index (κ1) is 12.8. The Morgan fingerprint density at radius 3 is 2.62 bits per heavy atom. The predicted molar refractivity (Wildman–Crippen MR) is 63.2 cm³/mol. The average molecular weight is 243 g/mol. The molecule has 0 aliphatic carbocycles. The Labute approximate surface area is 100.0 Å². The van der Waals surface area contributed by atoms with Crippen LogP contribution in [0.15, 0.2) is 24.3 Å². The third-order valence-corrected chi connectivity index (χ3v) is 2.34. The highest BCUT2D eigenvalue weighted by Crippen LogP contribution is 2.22. The zero-order valence-corrected chi connectivity index (χ0v) is 10.1. The van der Waals surface area contributed by atoms with E-state index in [1.54, 1.807) is 0 Å². The molecule has 3 nitrogen and oxygen atoms in total. The van der Waals surface area contributed by atoms with Gasteiger partial charge in [-0.3, -0.25) is 4.79 Å². The van der Waals surface area contributed by atoms with Crippen molar-refractivity contribution in [1.29, 1.82) is 0 Å². The first-order valence-corrected chi connectivity index (χ1v) is 5.55. The molecule has 0 bridgehead atoms. The van der Waals surface area contributed by atoms with Crippen molar-refractivity contribution in [2.45, 2.75) is 31.7 Å². The predicted octanol–water partition coefficient (Wildman–Crippen LogP) is 2.71. The SMILES string of the molecule is CC(C)Oc1ccccc1CC(Cl)C(=O)O. The van der Waals surface area contributed by atoms with Crippen molar-refractivity contribution in [3.05, 3.63) is 29.8 Å². The molecule has 1 N–H and O–H groups in total. The number of alkyl halides is 1. The van der Waals surface area contributed by atoms with E-state index in [0.29, 0.717) is 5.75 Å². The lowest BCUT2D eigenvalue weighted by Crippen LogP contribution is -2.17. The molecule has 0 fully saturated rings. The number of rotatable bonds is 5. The number of hydrogen-bond acceptors (Lipinski definition) is 2. The molecule has 0 amide bonds. The minimum absolute atomic E-state index is 0.0553. The molecule has 0 aliphatic heterocycles. The van der Waals surface area contributed by atoms with Crippen molar-refractivity contribution in [2.75, 3.05) is 0 Å². The molecule has 0 saturated carbocycles. The van der Waals surface area contributed by atoms with Gasteiger partial charge in [0.15, 0.2) is 0 Å². The van der Waals surface area contributed by atoms with Crippen LogP contribution in [0, 0.1) is 0 Å². The van der Waals surface area contributed by atoms with Gasteiger partial charge in [-0.1, -0.05) is 18.2 Å². The van der Waals surface area contributed by atoms with Crippen LogP contribution in [-0.2, 0) is 11.2 Å². The summed E-state index contributed by atoms with van der Waals surface area (Å²) in [5, 5.41) is 7.82. The van der Waals surface area contributed by atoms with Crippen LogP contribution >= 0.6 is 11.6 Å². The van der Waals surface area contributed by atoms with Gasteiger partial charge in [-0.15, -0.1) is 11.6 Å². The van der Waals surface area contributed by atoms with Crippen LogP contribution in [0.5, 0.6) is 5.75 Å². The van der Waals surface area contributed by atoms with Crippen molar-refractivity contribution in [3.8, 4) is 5.75 Å². The molecule has 0 heterocycles. The molecule has 1 unspecified atom stereocenters. The van der Waals surface area contributed by atoms with Crippen LogP contribution in [0.25, 0.3) is 0 Å². The molecule has 0 aliphatic rings. The number of halogens is 1. The Bertz CT molecular complexity index is 363. The summed E-state index contributed by atoms with van der Waals surface area (Å²) < 4.78 is 5.57. The molecule has 4 heteroatoms. The van der Waals surface area contributed by atoms with Crippen LogP contribution in [0.4, 0.5) is 0 Å². The topological polar surface area (TPSA) is 46.5 Å². The minimum Gasteiger partial charge on any atom is -0.491 e. The van der Waals surface area contributed by atoms with Crippen molar-refractivity contribution in [2.24, 2.45) is 0 Å². The van der Waals surface area contributed by atoms with E-state index in [9.17, 15) is 4.79 Å². The number of hydrogen-bond donors (Lipinski definition) is 1. The fraction of sp³-hybridized carbons (Fsp3) is 0.417. The molecule has 1 atom stereocenters. The van der Waals surface area contributed by atoms with Gasteiger partial charge in [-0.2, -0.15) is 0 Å². The number of ether oxygens (including phenoxy) is 1. The second-order valence-electron chi connectivity index (χ2n) is 3.78. The highest BCUT2D eigenvalue weighted by molar-refractivity contribution is 6.29. The van der Waals surface area contributed by atoms with Crippen molar-refractivity contribution in [1.82, 2.24) is 0 Å². The number of benzene rings is 1. The quantitative estimate of drug-likeness (QED) is 0.808. The summed E-state index contributed by atoms with van der Waals surface area (Å²) in [6.07, 6.45) is 0.319. The molecule has 0 aromatic heterocycles. The van der Waals surface area contributed by atoms with Gasteiger partial charge in [-0.25, -0.2) is 0 Å². The maximum absolute atomic E-state index is 10.7. The van der Waals surface area contributed by atoms with Crippen molar-refractivity contribution < 1.29 is 14.6 Å². The van der Waals surface area contributed by atoms with Crippen molar-refractivity contribution in [3.63, 3.8) is 0 Å². The van der Waals surface area contributed by atoms with Gasteiger partial charge in [0.05, 0.1) is 6.10 Å². The summed E-state index contributed by atoms with van der Waals surface area (Å²) in [5.41, 5.74) is 0.818. The highest BCUT2D eigenvalue weighted by atomic mass is 35.5. The highest BCUT2D eigenvalue weighted by Gasteiger charge is 2.16. The first-order chi connectivity index (χ1) is 7.50. The number of para-hydroxylation sites is 1. The largest absolute Gasteiger partial charge is 0.491 e. The normalized spacial score (nSPS) is 12.5. The monoisotopic (exact) mass is 242 g/mol. The second kappa shape index (κ2) is 5.75. The van der Waals surface area contributed by atoms with Crippen LogP contribution in [0.3, 0.4) is 0 Å². The Hall–Kier alpha value is -1.22. The summed E-state index contributed by atoms with van der Waals surface area (Å²) in [7, 11) is 0. The summed E-state index contributed by atoms with van der Waals surface area (Å²) in [4.78, 5) is 10.7. The molecule has 0 spiro atoms. The van der Waals surface area contributed by atoms with E-state index in [1.807, 2.05) is 38.1 Å². The van der Waals surface area contributed by atoms with Gasteiger partial charge in [0, 0.05) is 6.42 Å². The van der Waals surface area contributed by atoms with Gasteiger partial charge in [0.25, 0.3) is 0 Å². The summed E-state index contributed by atoms with van der Waals surface area (Å²) >= 11 is 5.70. The number of carbonyl (C=O) groups is 1. The lowest BCUT2D eigenvalue weighted by molar-refractivity contribution is -0.136. The summed E-state index contributed by atoms with van der Waals surface area (Å²) in [6.45, 7) is 3.85. The smallest absolute Gasteiger partial charge is 0.321 e. The van der Waals surface area contributed by atoms with E-state index >= 15 is 0 Å². The zero-order valence-electron chi connectivity index (χ0n) is 9.31. The van der Waals surface area contributed by atoms with Crippen LogP contribution in [0.2, 0.25) is 0 Å². The summed E-state index contributed by atoms with van der Waals surface area (Å²) in [6, 6.07) is 7.34. The fourth-order valence-corrected chi connectivity index (χ4v) is 1.49. The van der Waals surface area contributed by atoms with Crippen LogP contribution in [0.1, 0.15) is 19.4 Å². The third kappa shape index (κ3) is 3.74. The van der Waals surface area contributed by atoms with Crippen molar-refractivity contribution >= 4 is 17.6 Å². The number of aliphatic carboxylic acids is 1. The van der Waals surface area contributed by atoms with E-state index in [1.165, 1.54) is 0 Å². The first-order valence-electron chi connectivity index (χ1n) is 5.12. The molecule has 88 valence electrons. The van der Waals surface area contributed by atoms with Crippen LogP contribution < -0.4 is 4.74 Å². The van der Waals surface area contributed by atoms with E-state index in [4.69, 9.17) is 21.4 Å². The zero-order chi connectivity index (χ0) is 12.1. The lowest BCUT2D eigenvalue weighted by atomic mass is 10.1. The van der Waals surface area contributed by atoms with Gasteiger partial charge in [0.2, 0.25) is 0 Å². The summed E-state index contributed by atoms with van der Waals surface area (Å²) in [5.74, 6) is -0.314. The molecule has 0 radical (unpaired) electrons. The molecule has 1 aromatic carbocycles. The van der Waals surface area contributed by atoms with E-state index in [0.717, 1.165) is 5.56 Å². The average Bonchev–Trinajstić information content (AvgIpc) is 2.20. The second-order valence-corrected chi connectivity index (χ2v) is 4.31. The van der Waals surface area contributed by atoms with Gasteiger partial charge in [0.1, 0.15) is 11.1 Å². The number of carboxylic acids is 1. The molecular formula is C12H15ClO3. The molecule has 16 heavy (non-hydrogen) atoms. The van der Waals surface area contributed by atoms with E-state index in [2.05, 4.69) is 0 Å². The Balaban J connectivity index is 2.82. The molecule has 1 rings (SSSR count). The van der Waals surface area contributed by atoms with Gasteiger partial charge < -0.3 is 9.84 Å². The Morgan fingerprint density at radius 1 is 1.44 bits per heavy atom. The minimum atomic E-state index is -1.01. The molecular weight excluding hydrogens is 228 g/mol. The van der Waals surface area contributed by atoms with Gasteiger partial charge in [-0.05, 0) is 25.5 Å². The standard InChI is InChI=1S/C12H15ClO3/c1-8(2)16-11-6-4-3-5-9(11)7-10(13)12(14)15/h3-6,8,10H,7H2,1-2H3,(H,14,15). The lowest BCUT2D eigenvalue weighted by Gasteiger charge is -2.14.